The summed E-state index contributed by atoms with van der Waals surface area (Å²) in [6, 6.07) is 76.8. The Hall–Kier alpha value is -9.52. The summed E-state index contributed by atoms with van der Waals surface area (Å²) in [6.45, 7) is 28.8. The molecule has 0 spiro atoms. The molecule has 0 unspecified atom stereocenters. The van der Waals surface area contributed by atoms with Crippen LogP contribution in [0, 0.1) is 13.8 Å². The van der Waals surface area contributed by atoms with Crippen LogP contribution in [0.2, 0.25) is 0 Å². The van der Waals surface area contributed by atoms with E-state index in [0.29, 0.717) is 0 Å². The fourth-order valence-electron chi connectivity index (χ4n) is 14.8. The van der Waals surface area contributed by atoms with Gasteiger partial charge in [-0.2, -0.15) is 12.6 Å². The van der Waals surface area contributed by atoms with Crippen LogP contribution in [0.15, 0.2) is 271 Å². The molecule has 3 nitrogen and oxygen atoms in total. The van der Waals surface area contributed by atoms with Gasteiger partial charge in [0.15, 0.2) is 0 Å². The van der Waals surface area contributed by atoms with Crippen LogP contribution < -0.4 is 0 Å². The van der Waals surface area contributed by atoms with Crippen LogP contribution in [0.1, 0.15) is 128 Å². The summed E-state index contributed by atoms with van der Waals surface area (Å²) < 4.78 is 7.18. The van der Waals surface area contributed by atoms with Gasteiger partial charge in [0.05, 0.1) is 22.1 Å². The first-order valence-corrected chi connectivity index (χ1v) is 37.8. The van der Waals surface area contributed by atoms with Crippen molar-refractivity contribution in [3.8, 4) is 39.1 Å². The van der Waals surface area contributed by atoms with Gasteiger partial charge in [-0.3, -0.25) is 0 Å². The lowest BCUT2D eigenvalue weighted by Crippen LogP contribution is -2.01. The first-order chi connectivity index (χ1) is 48.6. The van der Waals surface area contributed by atoms with Gasteiger partial charge < -0.3 is 13.7 Å². The smallest absolute Gasteiger partial charge is 0.0541 e. The third-order valence-electron chi connectivity index (χ3n) is 19.7. The zero-order valence-corrected chi connectivity index (χ0v) is 62.5. The van der Waals surface area contributed by atoms with Crippen LogP contribution in [-0.2, 0) is 19.9 Å². The third-order valence-corrected chi connectivity index (χ3v) is 21.1. The van der Waals surface area contributed by atoms with Crippen molar-refractivity contribution in [1.82, 2.24) is 13.7 Å². The number of aromatic nitrogens is 3. The predicted octanol–water partition coefficient (Wildman–Crippen LogP) is 27.5. The SMILES string of the molecule is C1=CC2=C(CC1)Cc1ccc(-c3ccc4c(c3)c3ccccc3n4C3=CC=C4c5ccc(-c6ccc(-n7c8ccccc8c8ccccc87)cc6)cc5-c5cccc(c54)C3)cc12.C=C(C)/C(C)=C(/C=C\C)SCCC.CC.CC.CC.CS.Cc1c(C)n(C)c2ccc3ccccc3c12. The first kappa shape index (κ1) is 70.8. The van der Waals surface area contributed by atoms with Gasteiger partial charge in [-0.05, 0) is 233 Å². The van der Waals surface area contributed by atoms with Crippen molar-refractivity contribution in [1.29, 1.82) is 0 Å². The Bertz CT molecular complexity index is 5290. The molecule has 0 radical (unpaired) electrons. The van der Waals surface area contributed by atoms with E-state index >= 15 is 0 Å². The molecule has 0 N–H and O–H groups in total. The van der Waals surface area contributed by atoms with E-state index in [0.717, 1.165) is 24.8 Å². The summed E-state index contributed by atoms with van der Waals surface area (Å²) >= 11 is 5.44. The van der Waals surface area contributed by atoms with Crippen molar-refractivity contribution in [2.24, 2.45) is 7.05 Å². The Morgan fingerprint density at radius 3 is 1.79 bits per heavy atom. The van der Waals surface area contributed by atoms with E-state index < -0.39 is 0 Å². The third kappa shape index (κ3) is 13.5. The number of para-hydroxylation sites is 3. The standard InChI is InChI=1S/C60H40N2.C15H15N.C12H20S.3C2H6.CH4S/c1-2-12-46-41(10-1)32-42-21-20-39(34-53(42)46)40-25-31-59-55(36-40)50-15-5-8-19-58(50)62(59)45-28-30-52-47-29-24-38(35-54(47)51-16-9-11-43(33-45)60(51)52)37-22-26-44(27-23-37)61-56-17-6-3-13-48(56)49-14-4-7-18-57(49)61;1-10-11(2)16(3)14-9-8-12-6-4-5-7-13(12)15(10)14;1-6-8-12(13-9-7-2)11(5)10(3)4;4*1-2/h2-9,11-31,34-36H,1,10,32-33H2;4-9H,1-3H3;6,8H,3,7,9H2,1-2,4-5H3;3*1-2H3;2H,1H3/b;;8-6-,12-11-;;;;. The molecular weight excluding hydrogens is 1240 g/mol. The number of thiol groups is 1. The number of hydrogen-bond acceptors (Lipinski definition) is 2. The Kier molecular flexibility index (Phi) is 22.9. The van der Waals surface area contributed by atoms with Gasteiger partial charge in [0.2, 0.25) is 0 Å². The van der Waals surface area contributed by atoms with Crippen LogP contribution in [-0.4, -0.2) is 25.7 Å². The summed E-state index contributed by atoms with van der Waals surface area (Å²) in [4.78, 5) is 1.36. The second-order valence-electron chi connectivity index (χ2n) is 25.1. The van der Waals surface area contributed by atoms with Gasteiger partial charge in [-0.25, -0.2) is 0 Å². The minimum atomic E-state index is 0.847. The highest BCUT2D eigenvalue weighted by Gasteiger charge is 2.29. The molecule has 99 heavy (non-hydrogen) atoms. The summed E-state index contributed by atoms with van der Waals surface area (Å²) in [5.74, 6) is 1.18. The first-order valence-electron chi connectivity index (χ1n) is 35.9. The minimum absolute atomic E-state index is 0.847. The van der Waals surface area contributed by atoms with E-state index in [1.165, 1.54) is 189 Å². The highest BCUT2D eigenvalue weighted by atomic mass is 32.2. The zero-order chi connectivity index (χ0) is 70.0. The maximum Gasteiger partial charge on any atom is 0.0541 e. The van der Waals surface area contributed by atoms with Crippen molar-refractivity contribution >= 4 is 107 Å². The van der Waals surface area contributed by atoms with Crippen LogP contribution >= 0.6 is 24.4 Å². The molecule has 4 aliphatic carbocycles. The number of fused-ring (bicyclic) bond motifs is 14. The number of aryl methyl sites for hydroxylation is 2. The summed E-state index contributed by atoms with van der Waals surface area (Å²) in [7, 11) is 2.14. The number of nitrogens with zero attached hydrogens (tertiary/aromatic N) is 3. The lowest BCUT2D eigenvalue weighted by Gasteiger charge is -2.14. The molecule has 0 bridgehead atoms. The average molecular weight is 1330 g/mol. The molecule has 0 aliphatic heterocycles. The van der Waals surface area contributed by atoms with E-state index in [1.807, 2.05) is 53.3 Å². The van der Waals surface area contributed by atoms with Gasteiger partial charge in [-0.1, -0.05) is 242 Å². The predicted molar refractivity (Wildman–Crippen MR) is 445 cm³/mol. The lowest BCUT2D eigenvalue weighted by atomic mass is 9.95. The molecule has 0 atom stereocenters. The molecule has 0 fully saturated rings. The van der Waals surface area contributed by atoms with Crippen molar-refractivity contribution < 1.29 is 0 Å². The number of allylic oxidation sites excluding steroid dienone is 11. The van der Waals surface area contributed by atoms with Crippen molar-refractivity contribution in [2.45, 2.75) is 115 Å². The number of thioether (sulfide) groups is 1. The molecule has 0 saturated heterocycles. The monoisotopic (exact) mass is 1330 g/mol. The van der Waals surface area contributed by atoms with Gasteiger partial charge in [0.1, 0.15) is 0 Å². The van der Waals surface area contributed by atoms with E-state index in [1.54, 1.807) is 11.8 Å². The maximum atomic E-state index is 3.96. The van der Waals surface area contributed by atoms with Gasteiger partial charge in [-0.15, -0.1) is 11.8 Å². The van der Waals surface area contributed by atoms with E-state index in [2.05, 4.69) is 324 Å². The van der Waals surface area contributed by atoms with Crippen molar-refractivity contribution in [3.05, 3.63) is 310 Å². The molecule has 5 heteroatoms. The number of benzene rings is 10. The van der Waals surface area contributed by atoms with Crippen molar-refractivity contribution in [3.63, 3.8) is 0 Å². The topological polar surface area (TPSA) is 14.8 Å². The Morgan fingerprint density at radius 1 is 0.535 bits per heavy atom. The lowest BCUT2D eigenvalue weighted by molar-refractivity contribution is 0.910. The normalized spacial score (nSPS) is 13.2. The maximum absolute atomic E-state index is 3.96. The molecule has 13 aromatic rings. The molecule has 3 heterocycles. The Labute approximate surface area is 599 Å². The molecule has 4 aliphatic rings. The highest BCUT2D eigenvalue weighted by molar-refractivity contribution is 8.03. The largest absolute Gasteiger partial charge is 0.348 e. The molecule has 17 rings (SSSR count). The molecule has 500 valence electrons. The van der Waals surface area contributed by atoms with E-state index in [9.17, 15) is 0 Å². The van der Waals surface area contributed by atoms with Crippen molar-refractivity contribution in [2.75, 3.05) is 12.0 Å². The van der Waals surface area contributed by atoms with E-state index in [-0.39, 0.29) is 0 Å². The van der Waals surface area contributed by atoms with E-state index in [4.69, 9.17) is 0 Å². The second-order valence-corrected chi connectivity index (χ2v) is 26.2. The van der Waals surface area contributed by atoms with Gasteiger partial charge >= 0.3 is 0 Å². The molecule has 10 aromatic carbocycles. The van der Waals surface area contributed by atoms with Crippen LogP contribution in [0.25, 0.3) is 121 Å². The van der Waals surface area contributed by atoms with Crippen LogP contribution in [0.3, 0.4) is 0 Å². The average Bonchev–Trinajstić information content (AvgIpc) is 1.57. The highest BCUT2D eigenvalue weighted by Crippen LogP contribution is 2.50. The second kappa shape index (κ2) is 32.0. The molecule has 0 saturated carbocycles. The Morgan fingerprint density at radius 2 is 1.11 bits per heavy atom. The summed E-state index contributed by atoms with van der Waals surface area (Å²) in [5, 5.41) is 9.25. The van der Waals surface area contributed by atoms with Crippen LogP contribution in [0.5, 0.6) is 0 Å². The van der Waals surface area contributed by atoms with Crippen LogP contribution in [0.4, 0.5) is 0 Å². The van der Waals surface area contributed by atoms with Gasteiger partial charge in [0, 0.05) is 67.9 Å². The number of hydrogen-bond donors (Lipinski definition) is 1. The minimum Gasteiger partial charge on any atom is -0.348 e. The fraction of sp³-hybridized carbons (Fsp3) is 0.213. The number of rotatable bonds is 9. The molecular formula is C94H97N3S2. The fourth-order valence-corrected chi connectivity index (χ4v) is 15.8. The summed E-state index contributed by atoms with van der Waals surface area (Å²) in [5.41, 5.74) is 33.0. The Balaban J connectivity index is 0.000000220. The van der Waals surface area contributed by atoms with Gasteiger partial charge in [0.25, 0.3) is 0 Å². The quantitative estimate of drug-likeness (QED) is 0.112. The molecule has 3 aromatic heterocycles. The molecule has 0 amide bonds. The zero-order valence-electron chi connectivity index (χ0n) is 60.7. The summed E-state index contributed by atoms with van der Waals surface area (Å²) in [6.07, 6.45) is 20.9.